The monoisotopic (exact) mass is 274 g/mol. The number of rotatable bonds is 5. The Morgan fingerprint density at radius 2 is 1.90 bits per heavy atom. The molecule has 0 aliphatic carbocycles. The largest absolute Gasteiger partial charge is 0.343 e. The highest BCUT2D eigenvalue weighted by molar-refractivity contribution is 5.76. The Morgan fingerprint density at radius 3 is 2.50 bits per heavy atom. The number of benzene rings is 1. The van der Waals surface area contributed by atoms with Crippen molar-refractivity contribution >= 4 is 5.91 Å². The number of hydrogen-bond donors (Lipinski definition) is 1. The molecule has 1 aliphatic rings. The van der Waals surface area contributed by atoms with Crippen LogP contribution < -0.4 is 5.73 Å². The van der Waals surface area contributed by atoms with Crippen molar-refractivity contribution < 1.29 is 4.79 Å². The summed E-state index contributed by atoms with van der Waals surface area (Å²) in [5.74, 6) is 0.930. The van der Waals surface area contributed by atoms with Gasteiger partial charge in [-0.1, -0.05) is 29.8 Å². The summed E-state index contributed by atoms with van der Waals surface area (Å²) in [5.41, 5.74) is 8.29. The standard InChI is InChI=1S/C17H26N2O/c1-14-5-7-15(8-6-14)3-2-4-17(20)19-11-9-16(13-18)10-12-19/h5-8,16H,2-4,9-13,18H2,1H3. The van der Waals surface area contributed by atoms with Gasteiger partial charge in [-0.2, -0.15) is 0 Å². The van der Waals surface area contributed by atoms with Gasteiger partial charge in [0.05, 0.1) is 0 Å². The number of amides is 1. The van der Waals surface area contributed by atoms with Crippen molar-refractivity contribution in [3.8, 4) is 0 Å². The summed E-state index contributed by atoms with van der Waals surface area (Å²) in [7, 11) is 0. The van der Waals surface area contributed by atoms with Crippen LogP contribution in [0.5, 0.6) is 0 Å². The zero-order valence-corrected chi connectivity index (χ0v) is 12.5. The fourth-order valence-corrected chi connectivity index (χ4v) is 2.77. The van der Waals surface area contributed by atoms with E-state index in [1.54, 1.807) is 0 Å². The fourth-order valence-electron chi connectivity index (χ4n) is 2.77. The van der Waals surface area contributed by atoms with Crippen LogP contribution in [0.25, 0.3) is 0 Å². The Hall–Kier alpha value is -1.35. The summed E-state index contributed by atoms with van der Waals surface area (Å²) in [4.78, 5) is 14.1. The molecule has 2 N–H and O–H groups in total. The van der Waals surface area contributed by atoms with Crippen LogP contribution in [0.4, 0.5) is 0 Å². The van der Waals surface area contributed by atoms with Crippen LogP contribution >= 0.6 is 0 Å². The second-order valence-electron chi connectivity index (χ2n) is 5.90. The molecule has 0 aromatic heterocycles. The van der Waals surface area contributed by atoms with Crippen molar-refractivity contribution in [3.63, 3.8) is 0 Å². The molecule has 0 unspecified atom stereocenters. The highest BCUT2D eigenvalue weighted by Crippen LogP contribution is 2.17. The van der Waals surface area contributed by atoms with Gasteiger partial charge in [-0.3, -0.25) is 4.79 Å². The van der Waals surface area contributed by atoms with E-state index in [2.05, 4.69) is 31.2 Å². The lowest BCUT2D eigenvalue weighted by Crippen LogP contribution is -2.39. The Balaban J connectivity index is 1.69. The molecule has 1 fully saturated rings. The number of likely N-dealkylation sites (tertiary alicyclic amines) is 1. The van der Waals surface area contributed by atoms with Crippen molar-refractivity contribution in [2.45, 2.75) is 39.0 Å². The molecular formula is C17H26N2O. The first-order chi connectivity index (χ1) is 9.69. The van der Waals surface area contributed by atoms with E-state index in [9.17, 15) is 4.79 Å². The first-order valence-corrected chi connectivity index (χ1v) is 7.72. The number of hydrogen-bond acceptors (Lipinski definition) is 2. The van der Waals surface area contributed by atoms with Crippen molar-refractivity contribution in [1.82, 2.24) is 4.90 Å². The lowest BCUT2D eigenvalue weighted by atomic mass is 9.96. The van der Waals surface area contributed by atoms with Gasteiger partial charge < -0.3 is 10.6 Å². The van der Waals surface area contributed by atoms with E-state index in [4.69, 9.17) is 5.73 Å². The van der Waals surface area contributed by atoms with Gasteiger partial charge in [0.15, 0.2) is 0 Å². The van der Waals surface area contributed by atoms with Crippen LogP contribution in [0.1, 0.15) is 36.8 Å². The molecule has 0 atom stereocenters. The molecule has 1 aromatic rings. The maximum atomic E-state index is 12.1. The van der Waals surface area contributed by atoms with Crippen molar-refractivity contribution in [2.75, 3.05) is 19.6 Å². The summed E-state index contributed by atoms with van der Waals surface area (Å²) in [5, 5.41) is 0. The van der Waals surface area contributed by atoms with E-state index in [1.807, 2.05) is 4.90 Å². The molecule has 1 amide bonds. The third-order valence-electron chi connectivity index (χ3n) is 4.28. The van der Waals surface area contributed by atoms with Crippen LogP contribution in [0.3, 0.4) is 0 Å². The van der Waals surface area contributed by atoms with Gasteiger partial charge in [-0.05, 0) is 50.6 Å². The maximum absolute atomic E-state index is 12.1. The zero-order chi connectivity index (χ0) is 14.4. The molecule has 1 saturated heterocycles. The minimum atomic E-state index is 0.313. The predicted molar refractivity (Wildman–Crippen MR) is 82.5 cm³/mol. The SMILES string of the molecule is Cc1ccc(CCCC(=O)N2CCC(CN)CC2)cc1. The summed E-state index contributed by atoms with van der Waals surface area (Å²) in [6, 6.07) is 8.59. The van der Waals surface area contributed by atoms with E-state index in [1.165, 1.54) is 11.1 Å². The molecule has 1 heterocycles. The molecule has 0 bridgehead atoms. The van der Waals surface area contributed by atoms with E-state index in [0.717, 1.165) is 45.3 Å². The van der Waals surface area contributed by atoms with Crippen molar-refractivity contribution in [2.24, 2.45) is 11.7 Å². The lowest BCUT2D eigenvalue weighted by Gasteiger charge is -2.31. The van der Waals surface area contributed by atoms with Crippen LogP contribution in [0.15, 0.2) is 24.3 Å². The third-order valence-corrected chi connectivity index (χ3v) is 4.28. The van der Waals surface area contributed by atoms with E-state index < -0.39 is 0 Å². The molecule has 0 saturated carbocycles. The Labute approximate surface area is 122 Å². The summed E-state index contributed by atoms with van der Waals surface area (Å²) in [6.45, 7) is 4.64. The molecule has 1 aliphatic heterocycles. The average Bonchev–Trinajstić information content (AvgIpc) is 2.49. The van der Waals surface area contributed by atoms with Gasteiger partial charge in [0.2, 0.25) is 5.91 Å². The Morgan fingerprint density at radius 1 is 1.25 bits per heavy atom. The quantitative estimate of drug-likeness (QED) is 0.897. The highest BCUT2D eigenvalue weighted by Gasteiger charge is 2.21. The molecule has 0 spiro atoms. The maximum Gasteiger partial charge on any atom is 0.222 e. The third kappa shape index (κ3) is 4.34. The zero-order valence-electron chi connectivity index (χ0n) is 12.5. The summed E-state index contributed by atoms with van der Waals surface area (Å²) in [6.07, 6.45) is 4.74. The molecule has 20 heavy (non-hydrogen) atoms. The van der Waals surface area contributed by atoms with Crippen LogP contribution in [0, 0.1) is 12.8 Å². The molecule has 2 rings (SSSR count). The number of nitrogens with two attached hydrogens (primary N) is 1. The Bertz CT molecular complexity index is 419. The topological polar surface area (TPSA) is 46.3 Å². The molecule has 110 valence electrons. The molecule has 3 nitrogen and oxygen atoms in total. The molecule has 1 aromatic carbocycles. The Kier molecular flexibility index (Phi) is 5.60. The first kappa shape index (κ1) is 15.0. The molecule has 0 radical (unpaired) electrons. The van der Waals surface area contributed by atoms with E-state index >= 15 is 0 Å². The average molecular weight is 274 g/mol. The predicted octanol–water partition coefficient (Wildman–Crippen LogP) is 2.52. The number of nitrogens with zero attached hydrogens (tertiary/aromatic N) is 1. The normalized spacial score (nSPS) is 16.4. The second kappa shape index (κ2) is 7.44. The molecular weight excluding hydrogens is 248 g/mol. The van der Waals surface area contributed by atoms with Gasteiger partial charge in [-0.25, -0.2) is 0 Å². The van der Waals surface area contributed by atoms with Crippen LogP contribution in [-0.2, 0) is 11.2 Å². The van der Waals surface area contributed by atoms with E-state index in [-0.39, 0.29) is 0 Å². The van der Waals surface area contributed by atoms with Gasteiger partial charge in [-0.15, -0.1) is 0 Å². The number of carbonyl (C=O) groups excluding carboxylic acids is 1. The highest BCUT2D eigenvalue weighted by atomic mass is 16.2. The van der Waals surface area contributed by atoms with Gasteiger partial charge in [0.1, 0.15) is 0 Å². The number of piperidine rings is 1. The minimum Gasteiger partial charge on any atom is -0.343 e. The van der Waals surface area contributed by atoms with Gasteiger partial charge >= 0.3 is 0 Å². The summed E-state index contributed by atoms with van der Waals surface area (Å²) >= 11 is 0. The van der Waals surface area contributed by atoms with E-state index in [0.29, 0.717) is 18.2 Å². The van der Waals surface area contributed by atoms with Gasteiger partial charge in [0, 0.05) is 19.5 Å². The number of aryl methyl sites for hydroxylation is 2. The fraction of sp³-hybridized carbons (Fsp3) is 0.588. The van der Waals surface area contributed by atoms with Crippen molar-refractivity contribution in [3.05, 3.63) is 35.4 Å². The van der Waals surface area contributed by atoms with Crippen molar-refractivity contribution in [1.29, 1.82) is 0 Å². The molecule has 3 heteroatoms. The summed E-state index contributed by atoms with van der Waals surface area (Å²) < 4.78 is 0. The van der Waals surface area contributed by atoms with Gasteiger partial charge in [0.25, 0.3) is 0 Å². The smallest absolute Gasteiger partial charge is 0.222 e. The number of carbonyl (C=O) groups is 1. The minimum absolute atomic E-state index is 0.313. The first-order valence-electron chi connectivity index (χ1n) is 7.72. The van der Waals surface area contributed by atoms with Crippen LogP contribution in [-0.4, -0.2) is 30.4 Å². The van der Waals surface area contributed by atoms with Crippen LogP contribution in [0.2, 0.25) is 0 Å². The second-order valence-corrected chi connectivity index (χ2v) is 5.90. The lowest BCUT2D eigenvalue weighted by molar-refractivity contribution is -0.132.